The maximum atomic E-state index is 13.7. The van der Waals surface area contributed by atoms with Crippen LogP contribution in [0, 0.1) is 18.3 Å². The minimum Gasteiger partial charge on any atom is -0.508 e. The number of phenols is 1. The van der Waals surface area contributed by atoms with Gasteiger partial charge in [-0.3, -0.25) is 14.4 Å². The molecule has 2 unspecified atom stereocenters. The molecule has 0 bridgehead atoms. The molecule has 4 amide bonds. The summed E-state index contributed by atoms with van der Waals surface area (Å²) < 4.78 is 5.24. The highest BCUT2D eigenvalue weighted by atomic mass is 16.6. The maximum Gasteiger partial charge on any atom is 0.408 e. The van der Waals surface area contributed by atoms with Crippen molar-refractivity contribution in [2.45, 2.75) is 84.5 Å². The number of carbonyl (C=O) groups excluding carboxylic acids is 4. The standard InChI is InChI=1S/C25H37N5O6/c1-15-14-16(8-10-18(15)31)20(21(33)29-24(2,3)4)30(13-12-26)22(34)17(9-11-19(27)32)28-23(35)36-25(5,6)7/h8,10,14,17,20,31H,9,11,13H2,1-7H3,(H2,27,32)(H,28,35)(H,29,33). The summed E-state index contributed by atoms with van der Waals surface area (Å²) in [6.45, 7) is 11.4. The quantitative estimate of drug-likeness (QED) is 0.373. The second-order valence-corrected chi connectivity index (χ2v) is 10.5. The van der Waals surface area contributed by atoms with Crippen LogP contribution in [0.3, 0.4) is 0 Å². The van der Waals surface area contributed by atoms with Crippen LogP contribution in [0.5, 0.6) is 5.75 Å². The molecule has 1 rings (SSSR count). The lowest BCUT2D eigenvalue weighted by Crippen LogP contribution is -2.54. The summed E-state index contributed by atoms with van der Waals surface area (Å²) in [5.41, 5.74) is 4.55. The van der Waals surface area contributed by atoms with Gasteiger partial charge in [-0.2, -0.15) is 5.26 Å². The Morgan fingerprint density at radius 2 is 1.78 bits per heavy atom. The van der Waals surface area contributed by atoms with Crippen LogP contribution >= 0.6 is 0 Å². The third-order valence-electron chi connectivity index (χ3n) is 4.79. The first-order valence-corrected chi connectivity index (χ1v) is 11.5. The number of primary amides is 1. The number of phenolic OH excluding ortho intramolecular Hbond substituents is 1. The predicted molar refractivity (Wildman–Crippen MR) is 132 cm³/mol. The molecule has 36 heavy (non-hydrogen) atoms. The fourth-order valence-electron chi connectivity index (χ4n) is 3.33. The number of hydrogen-bond acceptors (Lipinski definition) is 7. The zero-order valence-corrected chi connectivity index (χ0v) is 22.0. The number of nitrogens with one attached hydrogen (secondary N) is 2. The Morgan fingerprint density at radius 1 is 1.17 bits per heavy atom. The van der Waals surface area contributed by atoms with E-state index in [9.17, 15) is 29.5 Å². The number of benzene rings is 1. The Morgan fingerprint density at radius 3 is 2.25 bits per heavy atom. The van der Waals surface area contributed by atoms with Crippen molar-refractivity contribution in [3.05, 3.63) is 29.3 Å². The second kappa shape index (κ2) is 12.2. The SMILES string of the molecule is Cc1cc(C(C(=O)NC(C)(C)C)N(CC#N)C(=O)C(CCC(N)=O)NC(=O)OC(C)(C)C)ccc1O. The minimum atomic E-state index is -1.30. The molecular weight excluding hydrogens is 466 g/mol. The topological polar surface area (TPSA) is 175 Å². The molecule has 0 aliphatic rings. The average molecular weight is 504 g/mol. The maximum absolute atomic E-state index is 13.7. The first-order valence-electron chi connectivity index (χ1n) is 11.5. The Balaban J connectivity index is 3.54. The minimum absolute atomic E-state index is 0.00202. The third-order valence-corrected chi connectivity index (χ3v) is 4.79. The Labute approximate surface area is 212 Å². The van der Waals surface area contributed by atoms with E-state index in [1.165, 1.54) is 12.1 Å². The lowest BCUT2D eigenvalue weighted by atomic mass is 9.98. The smallest absolute Gasteiger partial charge is 0.408 e. The molecule has 5 N–H and O–H groups in total. The molecule has 198 valence electrons. The summed E-state index contributed by atoms with van der Waals surface area (Å²) in [6, 6.07) is 3.73. The van der Waals surface area contributed by atoms with Crippen LogP contribution in [-0.4, -0.2) is 57.5 Å². The molecule has 0 aliphatic carbocycles. The Hall–Kier alpha value is -3.81. The van der Waals surface area contributed by atoms with Crippen molar-refractivity contribution < 1.29 is 29.0 Å². The zero-order valence-electron chi connectivity index (χ0n) is 22.0. The summed E-state index contributed by atoms with van der Waals surface area (Å²) in [7, 11) is 0. The van der Waals surface area contributed by atoms with Gasteiger partial charge in [-0.25, -0.2) is 4.79 Å². The summed E-state index contributed by atoms with van der Waals surface area (Å²) in [5.74, 6) is -2.04. The lowest BCUT2D eigenvalue weighted by Gasteiger charge is -2.34. The van der Waals surface area contributed by atoms with Gasteiger partial charge in [0.15, 0.2) is 0 Å². The number of rotatable bonds is 9. The van der Waals surface area contributed by atoms with Crippen molar-refractivity contribution in [3.63, 3.8) is 0 Å². The van der Waals surface area contributed by atoms with Crippen molar-refractivity contribution in [3.8, 4) is 11.8 Å². The summed E-state index contributed by atoms with van der Waals surface area (Å²) in [5, 5.41) is 24.7. The first-order chi connectivity index (χ1) is 16.4. The molecule has 1 aromatic rings. The number of nitrogens with zero attached hydrogens (tertiary/aromatic N) is 2. The number of carbonyl (C=O) groups is 4. The monoisotopic (exact) mass is 503 g/mol. The lowest BCUT2D eigenvalue weighted by molar-refractivity contribution is -0.142. The molecule has 1 aromatic carbocycles. The molecule has 0 saturated heterocycles. The number of nitrogens with two attached hydrogens (primary N) is 1. The first kappa shape index (κ1) is 30.2. The van der Waals surface area contributed by atoms with E-state index in [1.54, 1.807) is 54.5 Å². The molecule has 0 aromatic heterocycles. The fraction of sp³-hybridized carbons (Fsp3) is 0.560. The van der Waals surface area contributed by atoms with E-state index in [4.69, 9.17) is 10.5 Å². The fourth-order valence-corrected chi connectivity index (χ4v) is 3.33. The molecular formula is C25H37N5O6. The van der Waals surface area contributed by atoms with Crippen LogP contribution in [0.2, 0.25) is 0 Å². The van der Waals surface area contributed by atoms with E-state index in [1.807, 2.05) is 6.07 Å². The molecule has 11 nitrogen and oxygen atoms in total. The van der Waals surface area contributed by atoms with Crippen molar-refractivity contribution >= 4 is 23.8 Å². The van der Waals surface area contributed by atoms with Crippen molar-refractivity contribution in [2.24, 2.45) is 5.73 Å². The highest BCUT2D eigenvalue weighted by molar-refractivity contribution is 5.93. The summed E-state index contributed by atoms with van der Waals surface area (Å²) in [6.07, 6.45) is -1.31. The average Bonchev–Trinajstić information content (AvgIpc) is 2.70. The second-order valence-electron chi connectivity index (χ2n) is 10.5. The molecule has 0 fully saturated rings. The van der Waals surface area contributed by atoms with Gasteiger partial charge in [0.05, 0.1) is 6.07 Å². The highest BCUT2D eigenvalue weighted by Crippen LogP contribution is 2.28. The van der Waals surface area contributed by atoms with Gasteiger partial charge in [-0.15, -0.1) is 0 Å². The van der Waals surface area contributed by atoms with Crippen LogP contribution in [0.1, 0.15) is 71.6 Å². The number of nitriles is 1. The van der Waals surface area contributed by atoms with Crippen LogP contribution in [0.25, 0.3) is 0 Å². The molecule has 0 radical (unpaired) electrons. The molecule has 11 heteroatoms. The van der Waals surface area contributed by atoms with Gasteiger partial charge in [0.2, 0.25) is 17.7 Å². The van der Waals surface area contributed by atoms with Crippen LogP contribution < -0.4 is 16.4 Å². The van der Waals surface area contributed by atoms with Crippen molar-refractivity contribution in [2.75, 3.05) is 6.54 Å². The van der Waals surface area contributed by atoms with Gasteiger partial charge < -0.3 is 31.1 Å². The van der Waals surface area contributed by atoms with E-state index < -0.39 is 53.6 Å². The molecule has 2 atom stereocenters. The van der Waals surface area contributed by atoms with Crippen molar-refractivity contribution in [1.82, 2.24) is 15.5 Å². The Kier molecular flexibility index (Phi) is 10.3. The van der Waals surface area contributed by atoms with Crippen molar-refractivity contribution in [1.29, 1.82) is 5.26 Å². The number of hydrogen-bond donors (Lipinski definition) is 4. The van der Waals surface area contributed by atoms with E-state index in [2.05, 4.69) is 10.6 Å². The van der Waals surface area contributed by atoms with Gasteiger partial charge >= 0.3 is 6.09 Å². The molecule has 0 heterocycles. The molecule has 0 aliphatic heterocycles. The zero-order chi connectivity index (χ0) is 27.8. The van der Waals surface area contributed by atoms with Gasteiger partial charge in [0, 0.05) is 12.0 Å². The molecule has 0 spiro atoms. The van der Waals surface area contributed by atoms with Gasteiger partial charge in [-0.1, -0.05) is 6.07 Å². The number of amides is 4. The van der Waals surface area contributed by atoms with Gasteiger partial charge in [-0.05, 0) is 78.1 Å². The largest absolute Gasteiger partial charge is 0.508 e. The number of aromatic hydroxyl groups is 1. The Bertz CT molecular complexity index is 1020. The van der Waals surface area contributed by atoms with Crippen LogP contribution in [-0.2, 0) is 19.1 Å². The van der Waals surface area contributed by atoms with E-state index in [-0.39, 0.29) is 18.6 Å². The predicted octanol–water partition coefficient (Wildman–Crippen LogP) is 2.17. The summed E-state index contributed by atoms with van der Waals surface area (Å²) >= 11 is 0. The van der Waals surface area contributed by atoms with E-state index in [0.717, 1.165) is 4.90 Å². The normalized spacial score (nSPS) is 13.1. The number of aryl methyl sites for hydroxylation is 1. The highest BCUT2D eigenvalue weighted by Gasteiger charge is 2.37. The number of ether oxygens (including phenoxy) is 1. The van der Waals surface area contributed by atoms with E-state index >= 15 is 0 Å². The van der Waals surface area contributed by atoms with Gasteiger partial charge in [0.1, 0.15) is 30.0 Å². The van der Waals surface area contributed by atoms with Gasteiger partial charge in [0.25, 0.3) is 0 Å². The summed E-state index contributed by atoms with van der Waals surface area (Å²) in [4.78, 5) is 52.0. The van der Waals surface area contributed by atoms with E-state index in [0.29, 0.717) is 11.1 Å². The third kappa shape index (κ3) is 9.82. The number of alkyl carbamates (subject to hydrolysis) is 1. The molecule has 0 saturated carbocycles. The van der Waals surface area contributed by atoms with Crippen LogP contribution in [0.4, 0.5) is 4.79 Å². The van der Waals surface area contributed by atoms with Crippen LogP contribution in [0.15, 0.2) is 18.2 Å².